The molecule has 0 radical (unpaired) electrons. The third-order valence-electron chi connectivity index (χ3n) is 6.98. The second kappa shape index (κ2) is 15.0. The Balaban J connectivity index is 1.09. The summed E-state index contributed by atoms with van der Waals surface area (Å²) in [6, 6.07) is 3.56. The maximum absolute atomic E-state index is 13.1. The van der Waals surface area contributed by atoms with E-state index in [0.717, 1.165) is 43.6 Å². The number of hydrogen-bond acceptors (Lipinski definition) is 9. The number of imide groups is 2. The Kier molecular flexibility index (Phi) is 11.2. The zero-order chi connectivity index (χ0) is 28.3. The van der Waals surface area contributed by atoms with Crippen LogP contribution in [0.2, 0.25) is 0 Å². The Morgan fingerprint density at radius 2 is 1.75 bits per heavy atom. The van der Waals surface area contributed by atoms with Crippen LogP contribution in [0.5, 0.6) is 0 Å². The minimum absolute atomic E-state index is 0.0399. The van der Waals surface area contributed by atoms with Crippen molar-refractivity contribution in [3.63, 3.8) is 0 Å². The second-order valence-electron chi connectivity index (χ2n) is 9.93. The number of carbonyl (C=O) groups is 5. The Bertz CT molecular complexity index is 1090. The third kappa shape index (κ3) is 7.94. The highest BCUT2D eigenvalue weighted by Crippen LogP contribution is 2.32. The van der Waals surface area contributed by atoms with Crippen LogP contribution >= 0.6 is 0 Å². The molecule has 0 saturated carbocycles. The fraction of sp³-hybridized carbons (Fsp3) is 0.607. The van der Waals surface area contributed by atoms with Crippen LogP contribution in [0.1, 0.15) is 78.5 Å². The van der Waals surface area contributed by atoms with Crippen LogP contribution < -0.4 is 10.6 Å². The average molecular weight is 560 g/mol. The summed E-state index contributed by atoms with van der Waals surface area (Å²) in [5.41, 5.74) is 0.421. The van der Waals surface area contributed by atoms with Gasteiger partial charge in [-0.1, -0.05) is 12.5 Å². The molecule has 1 aromatic carbocycles. The maximum Gasteiger partial charge on any atom is 0.264 e. The summed E-state index contributed by atoms with van der Waals surface area (Å²) in [5.74, 6) is -2.66. The summed E-state index contributed by atoms with van der Waals surface area (Å²) in [6.45, 7) is 3.30. The van der Waals surface area contributed by atoms with E-state index in [1.165, 1.54) is 6.07 Å². The molecule has 3 heterocycles. The van der Waals surface area contributed by atoms with Crippen molar-refractivity contribution < 1.29 is 42.9 Å². The molecule has 0 spiro atoms. The van der Waals surface area contributed by atoms with Gasteiger partial charge in [0.1, 0.15) is 6.04 Å². The molecule has 2 atom stereocenters. The highest BCUT2D eigenvalue weighted by atomic mass is 16.7. The van der Waals surface area contributed by atoms with E-state index in [4.69, 9.17) is 18.9 Å². The molecule has 0 aliphatic carbocycles. The molecule has 2 saturated heterocycles. The normalized spacial score (nSPS) is 20.9. The van der Waals surface area contributed by atoms with E-state index in [1.807, 2.05) is 0 Å². The lowest BCUT2D eigenvalue weighted by Gasteiger charge is -2.27. The van der Waals surface area contributed by atoms with Gasteiger partial charge in [0.25, 0.3) is 11.8 Å². The van der Waals surface area contributed by atoms with Crippen molar-refractivity contribution in [2.75, 3.05) is 45.0 Å². The molecule has 3 aliphatic heterocycles. The van der Waals surface area contributed by atoms with Crippen molar-refractivity contribution in [1.82, 2.24) is 10.2 Å². The largest absolute Gasteiger partial charge is 0.379 e. The van der Waals surface area contributed by atoms with E-state index in [9.17, 15) is 24.0 Å². The summed E-state index contributed by atoms with van der Waals surface area (Å²) in [7, 11) is 0. The van der Waals surface area contributed by atoms with Crippen molar-refractivity contribution in [1.29, 1.82) is 0 Å². The summed E-state index contributed by atoms with van der Waals surface area (Å²) in [5, 5.41) is 4.90. The molecule has 0 aromatic heterocycles. The third-order valence-corrected chi connectivity index (χ3v) is 6.98. The molecule has 40 heavy (non-hydrogen) atoms. The number of hydrogen-bond donors (Lipinski definition) is 2. The average Bonchev–Trinajstić information content (AvgIpc) is 3.20. The van der Waals surface area contributed by atoms with Crippen molar-refractivity contribution in [2.45, 2.75) is 70.1 Å². The summed E-state index contributed by atoms with van der Waals surface area (Å²) >= 11 is 0. The van der Waals surface area contributed by atoms with Gasteiger partial charge in [-0.3, -0.25) is 34.2 Å². The summed E-state index contributed by atoms with van der Waals surface area (Å²) in [4.78, 5) is 63.2. The lowest BCUT2D eigenvalue weighted by Crippen LogP contribution is -2.54. The molecule has 4 rings (SSSR count). The van der Waals surface area contributed by atoms with Crippen LogP contribution in [0.4, 0.5) is 5.69 Å². The Morgan fingerprint density at radius 3 is 2.52 bits per heavy atom. The lowest BCUT2D eigenvalue weighted by atomic mass is 10.0. The zero-order valence-corrected chi connectivity index (χ0v) is 22.6. The summed E-state index contributed by atoms with van der Waals surface area (Å²) in [6.07, 6.45) is 5.63. The van der Waals surface area contributed by atoms with Gasteiger partial charge < -0.3 is 24.3 Å². The molecular weight excluding hydrogens is 522 g/mol. The number of amides is 5. The molecule has 0 bridgehead atoms. The highest BCUT2D eigenvalue weighted by molar-refractivity contribution is 6.26. The highest BCUT2D eigenvalue weighted by Gasteiger charge is 2.45. The number of benzene rings is 1. The summed E-state index contributed by atoms with van der Waals surface area (Å²) < 4.78 is 22.2. The number of piperidine rings is 1. The number of nitrogens with one attached hydrogen (secondary N) is 2. The molecule has 5 amide bonds. The quantitative estimate of drug-likeness (QED) is 0.243. The van der Waals surface area contributed by atoms with E-state index in [1.54, 1.807) is 12.1 Å². The Hall–Kier alpha value is -3.19. The van der Waals surface area contributed by atoms with Crippen molar-refractivity contribution in [3.8, 4) is 0 Å². The minimum atomic E-state index is -1.06. The van der Waals surface area contributed by atoms with Gasteiger partial charge in [0, 0.05) is 26.1 Å². The van der Waals surface area contributed by atoms with Crippen LogP contribution in [0.15, 0.2) is 18.2 Å². The van der Waals surface area contributed by atoms with E-state index in [-0.39, 0.29) is 48.3 Å². The monoisotopic (exact) mass is 559 g/mol. The van der Waals surface area contributed by atoms with Crippen LogP contribution in [0.25, 0.3) is 0 Å². The van der Waals surface area contributed by atoms with Gasteiger partial charge in [-0.15, -0.1) is 0 Å². The van der Waals surface area contributed by atoms with Gasteiger partial charge in [-0.25, -0.2) is 0 Å². The first-order valence-corrected chi connectivity index (χ1v) is 14.0. The first-order valence-electron chi connectivity index (χ1n) is 14.0. The number of anilines is 1. The molecule has 2 unspecified atom stereocenters. The lowest BCUT2D eigenvalue weighted by molar-refractivity contribution is -0.169. The number of carbonyl (C=O) groups excluding carboxylic acids is 5. The predicted octanol–water partition coefficient (Wildman–Crippen LogP) is 2.16. The van der Waals surface area contributed by atoms with Crippen LogP contribution in [0, 0.1) is 0 Å². The van der Waals surface area contributed by atoms with E-state index < -0.39 is 29.7 Å². The Labute approximate surface area is 233 Å². The van der Waals surface area contributed by atoms with E-state index in [0.29, 0.717) is 39.5 Å². The number of rotatable bonds is 15. The SMILES string of the molecule is O=C1CCC(N2C(=O)c3cccc(NC(=O)CCCCCOCCOCCOC4CCCCO4)c3C2=O)C(=O)N1. The minimum Gasteiger partial charge on any atom is -0.379 e. The second-order valence-corrected chi connectivity index (χ2v) is 9.93. The molecule has 12 nitrogen and oxygen atoms in total. The van der Waals surface area contributed by atoms with Gasteiger partial charge in [-0.05, 0) is 50.7 Å². The van der Waals surface area contributed by atoms with Gasteiger partial charge in [0.2, 0.25) is 17.7 Å². The molecule has 2 N–H and O–H groups in total. The number of fused-ring (bicyclic) bond motifs is 1. The fourth-order valence-electron chi connectivity index (χ4n) is 4.90. The first-order chi connectivity index (χ1) is 19.5. The maximum atomic E-state index is 13.1. The molecule has 1 aromatic rings. The van der Waals surface area contributed by atoms with E-state index >= 15 is 0 Å². The van der Waals surface area contributed by atoms with Gasteiger partial charge >= 0.3 is 0 Å². The Morgan fingerprint density at radius 1 is 0.950 bits per heavy atom. The zero-order valence-electron chi connectivity index (χ0n) is 22.6. The smallest absolute Gasteiger partial charge is 0.264 e. The molecular formula is C28H37N3O9. The molecule has 12 heteroatoms. The molecule has 218 valence electrons. The predicted molar refractivity (Wildman–Crippen MR) is 141 cm³/mol. The number of ether oxygens (including phenoxy) is 4. The van der Waals surface area contributed by atoms with Crippen LogP contribution in [0.3, 0.4) is 0 Å². The van der Waals surface area contributed by atoms with Crippen molar-refractivity contribution >= 4 is 35.2 Å². The van der Waals surface area contributed by atoms with E-state index in [2.05, 4.69) is 10.6 Å². The van der Waals surface area contributed by atoms with Gasteiger partial charge in [-0.2, -0.15) is 0 Å². The number of nitrogens with zero attached hydrogens (tertiary/aromatic N) is 1. The number of unbranched alkanes of at least 4 members (excludes halogenated alkanes) is 2. The van der Waals surface area contributed by atoms with Crippen LogP contribution in [-0.4, -0.2) is 86.4 Å². The van der Waals surface area contributed by atoms with Gasteiger partial charge in [0.15, 0.2) is 6.29 Å². The van der Waals surface area contributed by atoms with Gasteiger partial charge in [0.05, 0.1) is 43.2 Å². The fourth-order valence-corrected chi connectivity index (χ4v) is 4.90. The molecule has 3 aliphatic rings. The van der Waals surface area contributed by atoms with Crippen molar-refractivity contribution in [3.05, 3.63) is 29.3 Å². The first kappa shape index (κ1) is 29.8. The van der Waals surface area contributed by atoms with Crippen molar-refractivity contribution in [2.24, 2.45) is 0 Å². The van der Waals surface area contributed by atoms with Crippen LogP contribution in [-0.2, 0) is 33.3 Å². The molecule has 2 fully saturated rings. The topological polar surface area (TPSA) is 150 Å². The standard InChI is InChI=1S/C28H37N3O9/c32-22(9-2-1-4-13-37-15-16-38-17-18-40-24-10-3-5-14-39-24)29-20-8-6-7-19-25(20)28(36)31(27(19)35)21-11-12-23(33)30-26(21)34/h6-8,21,24H,1-5,9-18H2,(H,29,32)(H,30,33,34).